The van der Waals surface area contributed by atoms with Crippen LogP contribution < -0.4 is 5.32 Å². The molecular weight excluding hydrogens is 260 g/mol. The highest BCUT2D eigenvalue weighted by Crippen LogP contribution is 2.39. The molecule has 1 aromatic rings. The lowest BCUT2D eigenvalue weighted by atomic mass is 9.79. The lowest BCUT2D eigenvalue weighted by Gasteiger charge is -2.37. The number of aliphatic hydroxyl groups excluding tert-OH is 1. The molecular formula is C14H20N2O4. The summed E-state index contributed by atoms with van der Waals surface area (Å²) in [5.41, 5.74) is 0.0316. The van der Waals surface area contributed by atoms with Gasteiger partial charge in [0.05, 0.1) is 11.6 Å². The van der Waals surface area contributed by atoms with Crippen LogP contribution in [-0.4, -0.2) is 34.4 Å². The number of aromatic nitrogens is 1. The van der Waals surface area contributed by atoms with Gasteiger partial charge in [0, 0.05) is 12.7 Å². The molecule has 110 valence electrons. The summed E-state index contributed by atoms with van der Waals surface area (Å²) < 4.78 is 10.8. The highest BCUT2D eigenvalue weighted by molar-refractivity contribution is 5.92. The van der Waals surface area contributed by atoms with Crippen LogP contribution in [0.15, 0.2) is 10.6 Å². The van der Waals surface area contributed by atoms with Crippen molar-refractivity contribution < 1.29 is 19.2 Å². The second-order valence-electron chi connectivity index (χ2n) is 5.63. The maximum atomic E-state index is 12.2. The normalized spacial score (nSPS) is 24.9. The van der Waals surface area contributed by atoms with Crippen LogP contribution in [0.5, 0.6) is 0 Å². The fraction of sp³-hybridized carbons (Fsp3) is 0.714. The molecule has 3 rings (SSSR count). The predicted molar refractivity (Wildman–Crippen MR) is 70.1 cm³/mol. The molecule has 2 N–H and O–H groups in total. The molecule has 1 amide bonds. The molecule has 2 aliphatic rings. The molecule has 2 heterocycles. The Hall–Kier alpha value is -1.40. The second kappa shape index (κ2) is 5.54. The molecule has 1 aliphatic heterocycles. The van der Waals surface area contributed by atoms with Crippen LogP contribution in [-0.2, 0) is 11.3 Å². The molecule has 1 aromatic heterocycles. The maximum Gasteiger partial charge on any atom is 0.273 e. The number of rotatable bonds is 3. The summed E-state index contributed by atoms with van der Waals surface area (Å²) in [5.74, 6) is 0.0408. The van der Waals surface area contributed by atoms with Gasteiger partial charge in [-0.2, -0.15) is 0 Å². The Morgan fingerprint density at radius 2 is 2.25 bits per heavy atom. The Morgan fingerprint density at radius 3 is 2.95 bits per heavy atom. The van der Waals surface area contributed by atoms with Crippen molar-refractivity contribution in [2.75, 3.05) is 6.61 Å². The average molecular weight is 280 g/mol. The van der Waals surface area contributed by atoms with E-state index in [0.29, 0.717) is 12.4 Å². The van der Waals surface area contributed by atoms with Gasteiger partial charge >= 0.3 is 0 Å². The Balaban J connectivity index is 1.68. The molecule has 1 unspecified atom stereocenters. The van der Waals surface area contributed by atoms with Gasteiger partial charge in [0.15, 0.2) is 11.5 Å². The number of carbonyl (C=O) groups excluding carboxylic acids is 1. The van der Waals surface area contributed by atoms with Crippen molar-refractivity contribution >= 4 is 5.91 Å². The van der Waals surface area contributed by atoms with Crippen molar-refractivity contribution in [2.24, 2.45) is 0 Å². The number of carbonyl (C=O) groups is 1. The summed E-state index contributed by atoms with van der Waals surface area (Å²) in [4.78, 5) is 12.2. The van der Waals surface area contributed by atoms with Gasteiger partial charge in [-0.1, -0.05) is 24.4 Å². The summed E-state index contributed by atoms with van der Waals surface area (Å²) in [5, 5.41) is 15.6. The summed E-state index contributed by atoms with van der Waals surface area (Å²) in [6.07, 6.45) is 6.43. The first-order chi connectivity index (χ1) is 9.73. The monoisotopic (exact) mass is 280 g/mol. The van der Waals surface area contributed by atoms with E-state index in [1.54, 1.807) is 0 Å². The first kappa shape index (κ1) is 13.6. The number of nitrogens with one attached hydrogen (secondary N) is 1. The largest absolute Gasteiger partial charge is 0.388 e. The Bertz CT molecular complexity index is 479. The number of amides is 1. The van der Waals surface area contributed by atoms with E-state index in [1.165, 1.54) is 12.5 Å². The van der Waals surface area contributed by atoms with Crippen molar-refractivity contribution in [2.45, 2.75) is 56.8 Å². The molecule has 0 bridgehead atoms. The van der Waals surface area contributed by atoms with Gasteiger partial charge in [0.1, 0.15) is 6.61 Å². The van der Waals surface area contributed by atoms with Gasteiger partial charge in [-0.05, 0) is 19.3 Å². The van der Waals surface area contributed by atoms with Gasteiger partial charge in [-0.15, -0.1) is 0 Å². The summed E-state index contributed by atoms with van der Waals surface area (Å²) in [7, 11) is 0. The molecule has 1 saturated carbocycles. The number of aliphatic hydroxyl groups is 1. The fourth-order valence-corrected chi connectivity index (χ4v) is 3.32. The molecule has 6 heteroatoms. The van der Waals surface area contributed by atoms with E-state index >= 15 is 0 Å². The molecule has 20 heavy (non-hydrogen) atoms. The Labute approximate surface area is 117 Å². The Kier molecular flexibility index (Phi) is 3.76. The van der Waals surface area contributed by atoms with E-state index in [-0.39, 0.29) is 29.9 Å². The van der Waals surface area contributed by atoms with Crippen LogP contribution in [0.1, 0.15) is 54.8 Å². The van der Waals surface area contributed by atoms with Gasteiger partial charge < -0.3 is 19.7 Å². The van der Waals surface area contributed by atoms with Crippen LogP contribution in [0, 0.1) is 0 Å². The third-order valence-corrected chi connectivity index (χ3v) is 4.38. The van der Waals surface area contributed by atoms with Crippen LogP contribution in [0.2, 0.25) is 0 Å². The lowest BCUT2D eigenvalue weighted by Crippen LogP contribution is -2.51. The minimum atomic E-state index is -0.256. The third-order valence-electron chi connectivity index (χ3n) is 4.38. The van der Waals surface area contributed by atoms with Gasteiger partial charge in [-0.25, -0.2) is 0 Å². The minimum Gasteiger partial charge on any atom is -0.388 e. The van der Waals surface area contributed by atoms with Crippen LogP contribution >= 0.6 is 0 Å². The van der Waals surface area contributed by atoms with Crippen molar-refractivity contribution in [3.8, 4) is 0 Å². The molecule has 2 fully saturated rings. The van der Waals surface area contributed by atoms with E-state index < -0.39 is 0 Å². The number of hydrogen-bond acceptors (Lipinski definition) is 5. The Morgan fingerprint density at radius 1 is 1.45 bits per heavy atom. The van der Waals surface area contributed by atoms with Crippen molar-refractivity contribution in [3.05, 3.63) is 17.5 Å². The SMILES string of the molecule is O=C(NC1CCOC12CCCCC2)c1cc(CO)on1. The standard InChI is InChI=1S/C14H20N2O4/c17-9-10-8-11(16-20-10)13(18)15-12-4-7-19-14(12)5-2-1-3-6-14/h8,12,17H,1-7,9H2,(H,15,18). The fourth-order valence-electron chi connectivity index (χ4n) is 3.32. The van der Waals surface area contributed by atoms with E-state index in [4.69, 9.17) is 14.4 Å². The predicted octanol–water partition coefficient (Wildman–Crippen LogP) is 1.39. The highest BCUT2D eigenvalue weighted by Gasteiger charge is 2.45. The van der Waals surface area contributed by atoms with Gasteiger partial charge in [0.2, 0.25) is 0 Å². The topological polar surface area (TPSA) is 84.6 Å². The number of hydrogen-bond donors (Lipinski definition) is 2. The van der Waals surface area contributed by atoms with Crippen molar-refractivity contribution in [1.29, 1.82) is 0 Å². The maximum absolute atomic E-state index is 12.2. The van der Waals surface area contributed by atoms with E-state index in [0.717, 1.165) is 32.1 Å². The van der Waals surface area contributed by atoms with Gasteiger partial charge in [0.25, 0.3) is 5.91 Å². The highest BCUT2D eigenvalue weighted by atomic mass is 16.5. The van der Waals surface area contributed by atoms with Crippen LogP contribution in [0.25, 0.3) is 0 Å². The summed E-state index contributed by atoms with van der Waals surface area (Å²) in [6.45, 7) is 0.447. The molecule has 0 aromatic carbocycles. The third kappa shape index (κ3) is 2.45. The second-order valence-corrected chi connectivity index (χ2v) is 5.63. The van der Waals surface area contributed by atoms with Crippen molar-refractivity contribution in [3.63, 3.8) is 0 Å². The molecule has 1 aliphatic carbocycles. The average Bonchev–Trinajstić information content (AvgIpc) is 3.08. The zero-order chi connectivity index (χ0) is 14.0. The molecule has 1 saturated heterocycles. The first-order valence-electron chi connectivity index (χ1n) is 7.25. The van der Waals surface area contributed by atoms with E-state index in [2.05, 4.69) is 10.5 Å². The smallest absolute Gasteiger partial charge is 0.273 e. The van der Waals surface area contributed by atoms with Crippen LogP contribution in [0.3, 0.4) is 0 Å². The summed E-state index contributed by atoms with van der Waals surface area (Å²) >= 11 is 0. The van der Waals surface area contributed by atoms with Crippen LogP contribution in [0.4, 0.5) is 0 Å². The molecule has 6 nitrogen and oxygen atoms in total. The number of nitrogens with zero attached hydrogens (tertiary/aromatic N) is 1. The zero-order valence-corrected chi connectivity index (χ0v) is 11.4. The van der Waals surface area contributed by atoms with E-state index in [9.17, 15) is 4.79 Å². The minimum absolute atomic E-state index is 0.0459. The van der Waals surface area contributed by atoms with Gasteiger partial charge in [-0.3, -0.25) is 4.79 Å². The zero-order valence-electron chi connectivity index (χ0n) is 11.4. The van der Waals surface area contributed by atoms with Crippen molar-refractivity contribution in [1.82, 2.24) is 10.5 Å². The first-order valence-corrected chi connectivity index (χ1v) is 7.25. The quantitative estimate of drug-likeness (QED) is 0.874. The lowest BCUT2D eigenvalue weighted by molar-refractivity contribution is -0.0375. The number of ether oxygens (including phenoxy) is 1. The molecule has 1 spiro atoms. The molecule has 0 radical (unpaired) electrons. The summed E-state index contributed by atoms with van der Waals surface area (Å²) in [6, 6.07) is 1.52. The molecule has 1 atom stereocenters. The van der Waals surface area contributed by atoms with E-state index in [1.807, 2.05) is 0 Å².